The van der Waals surface area contributed by atoms with Gasteiger partial charge in [-0.05, 0) is 0 Å². The van der Waals surface area contributed by atoms with Gasteiger partial charge in [0.2, 0.25) is 0 Å². The molecule has 0 aliphatic carbocycles. The standard InChI is InChI=1S/C8H12N2O10/c1-5(11)19-7(3-17-9(13)14)8(20-6(2)12)4-18-10(15)16/h7-8H,3-4H2,1-2H3/t7-,8-/m0/s1. The van der Waals surface area contributed by atoms with Gasteiger partial charge >= 0.3 is 11.9 Å². The van der Waals surface area contributed by atoms with Crippen LogP contribution in [0.1, 0.15) is 13.8 Å². The summed E-state index contributed by atoms with van der Waals surface area (Å²) in [7, 11) is 0. The topological polar surface area (TPSA) is 157 Å². The van der Waals surface area contributed by atoms with Crippen LogP contribution < -0.4 is 0 Å². The Bertz CT molecular complexity index is 347. The van der Waals surface area contributed by atoms with Crippen molar-refractivity contribution in [2.24, 2.45) is 0 Å². The highest BCUT2D eigenvalue weighted by Gasteiger charge is 2.29. The average molecular weight is 296 g/mol. The number of hydrogen-bond acceptors (Lipinski definition) is 10. The molecule has 0 N–H and O–H groups in total. The first-order valence-electron chi connectivity index (χ1n) is 5.11. The molecule has 0 saturated carbocycles. The van der Waals surface area contributed by atoms with E-state index in [9.17, 15) is 29.8 Å². The lowest BCUT2D eigenvalue weighted by molar-refractivity contribution is -0.763. The number of hydrogen-bond donors (Lipinski definition) is 0. The van der Waals surface area contributed by atoms with Gasteiger partial charge in [0.1, 0.15) is 13.2 Å². The highest BCUT2D eigenvalue weighted by atomic mass is 17.0. The van der Waals surface area contributed by atoms with Crippen LogP contribution in [0, 0.1) is 20.2 Å². The van der Waals surface area contributed by atoms with Gasteiger partial charge in [0.05, 0.1) is 0 Å². The molecule has 0 aromatic carbocycles. The van der Waals surface area contributed by atoms with Crippen molar-refractivity contribution in [1.29, 1.82) is 0 Å². The van der Waals surface area contributed by atoms with Crippen molar-refractivity contribution >= 4 is 11.9 Å². The Kier molecular flexibility index (Phi) is 7.32. The van der Waals surface area contributed by atoms with E-state index in [1.54, 1.807) is 0 Å². The molecule has 0 aromatic heterocycles. The molecular formula is C8H12N2O10. The molecule has 0 rings (SSSR count). The molecule has 0 aromatic rings. The zero-order valence-electron chi connectivity index (χ0n) is 10.5. The molecule has 0 amide bonds. The van der Waals surface area contributed by atoms with E-state index in [1.807, 2.05) is 0 Å². The molecule has 114 valence electrons. The van der Waals surface area contributed by atoms with E-state index >= 15 is 0 Å². The normalized spacial score (nSPS) is 12.7. The SMILES string of the molecule is CC(=O)O[C@@H](CO[N+](=O)[O-])[C@H](CO[N+](=O)[O-])OC(C)=O. The van der Waals surface area contributed by atoms with Crippen LogP contribution in [-0.4, -0.2) is 47.5 Å². The lowest BCUT2D eigenvalue weighted by atomic mass is 10.2. The number of esters is 2. The molecule has 0 spiro atoms. The average Bonchev–Trinajstić information content (AvgIpc) is 2.28. The summed E-state index contributed by atoms with van der Waals surface area (Å²) in [6, 6.07) is 0. The van der Waals surface area contributed by atoms with Crippen molar-refractivity contribution in [2.75, 3.05) is 13.2 Å². The summed E-state index contributed by atoms with van der Waals surface area (Å²) in [6.45, 7) is 0.452. The van der Waals surface area contributed by atoms with Gasteiger partial charge in [0, 0.05) is 13.8 Å². The zero-order chi connectivity index (χ0) is 15.7. The van der Waals surface area contributed by atoms with Crippen molar-refractivity contribution in [2.45, 2.75) is 26.1 Å². The highest BCUT2D eigenvalue weighted by molar-refractivity contribution is 5.67. The minimum absolute atomic E-state index is 0.772. The van der Waals surface area contributed by atoms with Crippen molar-refractivity contribution in [3.8, 4) is 0 Å². The van der Waals surface area contributed by atoms with Crippen LogP contribution in [-0.2, 0) is 28.7 Å². The third-order valence-corrected chi connectivity index (χ3v) is 1.74. The van der Waals surface area contributed by atoms with E-state index in [0.717, 1.165) is 13.8 Å². The monoisotopic (exact) mass is 296 g/mol. The fourth-order valence-electron chi connectivity index (χ4n) is 1.13. The molecule has 0 saturated heterocycles. The van der Waals surface area contributed by atoms with Crippen LogP contribution in [0.2, 0.25) is 0 Å². The summed E-state index contributed by atoms with van der Waals surface area (Å²) in [4.78, 5) is 49.9. The number of nitrogens with zero attached hydrogens (tertiary/aromatic N) is 2. The summed E-state index contributed by atoms with van der Waals surface area (Å²) in [5.74, 6) is -1.69. The third-order valence-electron chi connectivity index (χ3n) is 1.74. The lowest BCUT2D eigenvalue weighted by Crippen LogP contribution is -2.41. The maximum atomic E-state index is 10.9. The summed E-state index contributed by atoms with van der Waals surface area (Å²) in [6.07, 6.45) is -2.86. The van der Waals surface area contributed by atoms with Gasteiger partial charge < -0.3 is 19.1 Å². The van der Waals surface area contributed by atoms with Crippen molar-refractivity contribution in [3.05, 3.63) is 20.2 Å². The maximum absolute atomic E-state index is 10.9. The van der Waals surface area contributed by atoms with Crippen LogP contribution in [0.4, 0.5) is 0 Å². The second-order valence-corrected chi connectivity index (χ2v) is 3.33. The summed E-state index contributed by atoms with van der Waals surface area (Å²) >= 11 is 0. The van der Waals surface area contributed by atoms with Gasteiger partial charge in [-0.3, -0.25) is 9.59 Å². The third kappa shape index (κ3) is 8.43. The van der Waals surface area contributed by atoms with E-state index in [0.29, 0.717) is 0 Å². The fourth-order valence-corrected chi connectivity index (χ4v) is 1.13. The largest absolute Gasteiger partial charge is 0.456 e. The quantitative estimate of drug-likeness (QED) is 0.301. The summed E-state index contributed by atoms with van der Waals surface area (Å²) in [5.41, 5.74) is 0. The first-order chi connectivity index (χ1) is 9.22. The maximum Gasteiger partial charge on any atom is 0.303 e. The molecular weight excluding hydrogens is 284 g/mol. The number of carbonyl (C=O) groups is 2. The summed E-state index contributed by atoms with van der Waals surface area (Å²) in [5, 5.41) is 17.9. The fraction of sp³-hybridized carbons (Fsp3) is 0.750. The first-order valence-corrected chi connectivity index (χ1v) is 5.11. The minimum Gasteiger partial charge on any atom is -0.456 e. The molecule has 0 bridgehead atoms. The van der Waals surface area contributed by atoms with Crippen molar-refractivity contribution < 1.29 is 38.9 Å². The van der Waals surface area contributed by atoms with Crippen LogP contribution in [0.5, 0.6) is 0 Å². The second kappa shape index (κ2) is 8.44. The summed E-state index contributed by atoms with van der Waals surface area (Å²) < 4.78 is 9.30. The number of rotatable bonds is 9. The van der Waals surface area contributed by atoms with E-state index < -0.39 is 47.5 Å². The Balaban J connectivity index is 4.83. The second-order valence-electron chi connectivity index (χ2n) is 3.33. The van der Waals surface area contributed by atoms with Gasteiger partial charge in [0.15, 0.2) is 12.2 Å². The Morgan fingerprint density at radius 1 is 0.900 bits per heavy atom. The molecule has 2 atom stereocenters. The van der Waals surface area contributed by atoms with Gasteiger partial charge in [-0.15, -0.1) is 20.2 Å². The molecule has 0 fully saturated rings. The molecule has 0 aliphatic heterocycles. The van der Waals surface area contributed by atoms with E-state index in [-0.39, 0.29) is 0 Å². The zero-order valence-corrected chi connectivity index (χ0v) is 10.5. The van der Waals surface area contributed by atoms with Gasteiger partial charge in [-0.2, -0.15) is 0 Å². The molecule has 12 nitrogen and oxygen atoms in total. The van der Waals surface area contributed by atoms with Crippen LogP contribution >= 0.6 is 0 Å². The first kappa shape index (κ1) is 17.3. The molecule has 0 unspecified atom stereocenters. The Labute approximate surface area is 111 Å². The Hall–Kier alpha value is -2.66. The number of carbonyl (C=O) groups excluding carboxylic acids is 2. The number of ether oxygens (including phenoxy) is 2. The lowest BCUT2D eigenvalue weighted by Gasteiger charge is -2.24. The predicted molar refractivity (Wildman–Crippen MR) is 57.0 cm³/mol. The highest BCUT2D eigenvalue weighted by Crippen LogP contribution is 2.08. The van der Waals surface area contributed by atoms with Gasteiger partial charge in [-0.25, -0.2) is 0 Å². The van der Waals surface area contributed by atoms with Crippen molar-refractivity contribution in [1.82, 2.24) is 0 Å². The van der Waals surface area contributed by atoms with Gasteiger partial charge in [-0.1, -0.05) is 0 Å². The van der Waals surface area contributed by atoms with Gasteiger partial charge in [0.25, 0.3) is 10.2 Å². The molecule has 0 radical (unpaired) electrons. The molecule has 0 aliphatic rings. The Morgan fingerprint density at radius 2 is 1.20 bits per heavy atom. The molecule has 20 heavy (non-hydrogen) atoms. The van der Waals surface area contributed by atoms with E-state index in [4.69, 9.17) is 0 Å². The van der Waals surface area contributed by atoms with E-state index in [1.165, 1.54) is 0 Å². The Morgan fingerprint density at radius 3 is 1.40 bits per heavy atom. The van der Waals surface area contributed by atoms with Crippen LogP contribution in [0.15, 0.2) is 0 Å². The van der Waals surface area contributed by atoms with E-state index in [2.05, 4.69) is 19.1 Å². The molecule has 12 heteroatoms. The predicted octanol–water partition coefficient (Wildman–Crippen LogP) is -0.734. The smallest absolute Gasteiger partial charge is 0.303 e. The van der Waals surface area contributed by atoms with Crippen LogP contribution in [0.25, 0.3) is 0 Å². The molecule has 0 heterocycles. The minimum atomic E-state index is -1.43. The van der Waals surface area contributed by atoms with Crippen LogP contribution in [0.3, 0.4) is 0 Å². The van der Waals surface area contributed by atoms with Crippen molar-refractivity contribution in [3.63, 3.8) is 0 Å².